The van der Waals surface area contributed by atoms with Gasteiger partial charge in [0.05, 0.1) is 11.3 Å². The number of imidazole rings is 1. The molecule has 0 fully saturated rings. The Hall–Kier alpha value is -2.66. The molecule has 23 heavy (non-hydrogen) atoms. The number of carbonyl (C=O) groups excluding carboxylic acids is 1. The Kier molecular flexibility index (Phi) is 2.99. The van der Waals surface area contributed by atoms with E-state index in [9.17, 15) is 9.90 Å². The first-order chi connectivity index (χ1) is 11.1. The molecule has 1 N–H and O–H groups in total. The van der Waals surface area contributed by atoms with Crippen molar-refractivity contribution in [2.45, 2.75) is 26.1 Å². The monoisotopic (exact) mass is 308 g/mol. The smallest absolute Gasteiger partial charge is 0.199 e. The number of aliphatic hydroxyl groups excluding tert-OH is 1. The number of fused-ring (bicyclic) bond motifs is 3. The van der Waals surface area contributed by atoms with Crippen molar-refractivity contribution in [3.05, 3.63) is 65.1 Å². The van der Waals surface area contributed by atoms with Crippen molar-refractivity contribution in [3.8, 4) is 5.75 Å². The number of benzene rings is 1. The summed E-state index contributed by atoms with van der Waals surface area (Å²) in [5.74, 6) is 0.105. The summed E-state index contributed by atoms with van der Waals surface area (Å²) in [6, 6.07) is 11.0. The zero-order chi connectivity index (χ0) is 16.1. The number of ketones is 1. The van der Waals surface area contributed by atoms with Gasteiger partial charge in [0.15, 0.2) is 29.4 Å². The lowest BCUT2D eigenvalue weighted by molar-refractivity contribution is 0.0221. The first-order valence-electron chi connectivity index (χ1n) is 7.50. The second-order valence-electron chi connectivity index (χ2n) is 5.79. The molecule has 5 heteroatoms. The number of rotatable bonds is 1. The van der Waals surface area contributed by atoms with Crippen LogP contribution in [0.25, 0.3) is 5.65 Å². The average Bonchev–Trinajstić information content (AvgIpc) is 2.86. The van der Waals surface area contributed by atoms with Gasteiger partial charge in [-0.1, -0.05) is 30.3 Å². The molecule has 0 amide bonds. The van der Waals surface area contributed by atoms with Crippen LogP contribution in [-0.4, -0.2) is 26.4 Å². The van der Waals surface area contributed by atoms with Crippen LogP contribution in [0.5, 0.6) is 5.75 Å². The molecule has 0 bridgehead atoms. The van der Waals surface area contributed by atoms with E-state index in [0.717, 1.165) is 17.0 Å². The van der Waals surface area contributed by atoms with Crippen molar-refractivity contribution in [2.24, 2.45) is 0 Å². The minimum absolute atomic E-state index is 0.332. The van der Waals surface area contributed by atoms with Gasteiger partial charge in [-0.2, -0.15) is 0 Å². The van der Waals surface area contributed by atoms with Gasteiger partial charge in [-0.3, -0.25) is 4.79 Å². The summed E-state index contributed by atoms with van der Waals surface area (Å²) in [6.07, 6.45) is -0.149. The zero-order valence-electron chi connectivity index (χ0n) is 12.9. The molecule has 0 saturated carbocycles. The van der Waals surface area contributed by atoms with Crippen LogP contribution in [0.2, 0.25) is 0 Å². The third kappa shape index (κ3) is 1.97. The number of ether oxygens (including phenoxy) is 1. The van der Waals surface area contributed by atoms with Crippen molar-refractivity contribution >= 4 is 11.4 Å². The number of hydrogen-bond acceptors (Lipinski definition) is 4. The number of Topliss-reactive ketones (excluding diaryl/α,β-unsaturated/α-hetero) is 1. The fraction of sp³-hybridized carbons (Fsp3) is 0.222. The van der Waals surface area contributed by atoms with Crippen molar-refractivity contribution in [1.82, 2.24) is 9.38 Å². The van der Waals surface area contributed by atoms with Crippen LogP contribution in [0.1, 0.15) is 33.4 Å². The average molecular weight is 308 g/mol. The van der Waals surface area contributed by atoms with Crippen LogP contribution >= 0.6 is 0 Å². The van der Waals surface area contributed by atoms with Gasteiger partial charge in [0.1, 0.15) is 0 Å². The summed E-state index contributed by atoms with van der Waals surface area (Å²) in [4.78, 5) is 17.1. The summed E-state index contributed by atoms with van der Waals surface area (Å²) >= 11 is 0. The molecule has 5 nitrogen and oxygen atoms in total. The summed E-state index contributed by atoms with van der Waals surface area (Å²) in [7, 11) is 0. The van der Waals surface area contributed by atoms with Crippen LogP contribution in [-0.2, 0) is 0 Å². The fourth-order valence-corrected chi connectivity index (χ4v) is 3.01. The molecule has 1 aliphatic rings. The van der Waals surface area contributed by atoms with Crippen LogP contribution < -0.4 is 4.74 Å². The van der Waals surface area contributed by atoms with E-state index >= 15 is 0 Å². The highest BCUT2D eigenvalue weighted by Gasteiger charge is 2.38. The molecular weight excluding hydrogens is 292 g/mol. The summed E-state index contributed by atoms with van der Waals surface area (Å²) in [5, 5.41) is 10.4. The van der Waals surface area contributed by atoms with Crippen molar-refractivity contribution in [1.29, 1.82) is 0 Å². The molecule has 0 saturated heterocycles. The standard InChI is InChI=1S/C18H16N2O3/c1-10-11(2)20-9-8-13-14(21)15(22)16(12-6-4-3-5-7-12)23-17(13)18(20)19-10/h3-9,15-16,22H,1-2H3. The first-order valence-corrected chi connectivity index (χ1v) is 7.50. The SMILES string of the molecule is Cc1nc2c3c(ccn2c1C)C(=O)C(O)C(c1ccccc1)O3. The molecule has 0 aliphatic carbocycles. The number of pyridine rings is 1. The maximum atomic E-state index is 12.6. The normalized spacial score (nSPS) is 20.4. The lowest BCUT2D eigenvalue weighted by Crippen LogP contribution is -2.36. The number of aliphatic hydroxyl groups is 1. The predicted molar refractivity (Wildman–Crippen MR) is 84.8 cm³/mol. The summed E-state index contributed by atoms with van der Waals surface area (Å²) < 4.78 is 7.93. The largest absolute Gasteiger partial charge is 0.478 e. The van der Waals surface area contributed by atoms with E-state index in [1.807, 2.05) is 48.6 Å². The molecule has 2 atom stereocenters. The number of hydrogen-bond donors (Lipinski definition) is 1. The molecule has 3 heterocycles. The lowest BCUT2D eigenvalue weighted by Gasteiger charge is -2.29. The highest BCUT2D eigenvalue weighted by Crippen LogP contribution is 2.38. The molecule has 1 aliphatic heterocycles. The van der Waals surface area contributed by atoms with E-state index in [0.29, 0.717) is 17.0 Å². The van der Waals surface area contributed by atoms with Crippen molar-refractivity contribution in [3.63, 3.8) is 0 Å². The number of aromatic nitrogens is 2. The minimum Gasteiger partial charge on any atom is -0.478 e. The van der Waals surface area contributed by atoms with E-state index in [1.165, 1.54) is 0 Å². The maximum absolute atomic E-state index is 12.6. The Bertz CT molecular complexity index is 915. The highest BCUT2D eigenvalue weighted by molar-refractivity contribution is 6.04. The Balaban J connectivity index is 1.92. The van der Waals surface area contributed by atoms with Crippen LogP contribution in [0.4, 0.5) is 0 Å². The zero-order valence-corrected chi connectivity index (χ0v) is 12.9. The van der Waals surface area contributed by atoms with Gasteiger partial charge >= 0.3 is 0 Å². The third-order valence-corrected chi connectivity index (χ3v) is 4.42. The summed E-state index contributed by atoms with van der Waals surface area (Å²) in [6.45, 7) is 3.89. The Morgan fingerprint density at radius 2 is 1.91 bits per heavy atom. The molecule has 0 spiro atoms. The Morgan fingerprint density at radius 1 is 1.17 bits per heavy atom. The molecule has 4 rings (SSSR count). The van der Waals surface area contributed by atoms with Crippen LogP contribution in [0.3, 0.4) is 0 Å². The van der Waals surface area contributed by atoms with Gasteiger partial charge < -0.3 is 14.2 Å². The van der Waals surface area contributed by atoms with Gasteiger partial charge in [-0.15, -0.1) is 0 Å². The molecule has 0 radical (unpaired) electrons. The first kappa shape index (κ1) is 14.0. The van der Waals surface area contributed by atoms with Gasteiger partial charge in [0.25, 0.3) is 0 Å². The Labute approximate surface area is 133 Å². The molecule has 3 aromatic rings. The highest BCUT2D eigenvalue weighted by atomic mass is 16.5. The maximum Gasteiger partial charge on any atom is 0.199 e. The number of carbonyl (C=O) groups is 1. The van der Waals surface area contributed by atoms with E-state index in [2.05, 4.69) is 4.98 Å². The second-order valence-corrected chi connectivity index (χ2v) is 5.79. The molecule has 2 unspecified atom stereocenters. The fourth-order valence-electron chi connectivity index (χ4n) is 3.01. The quantitative estimate of drug-likeness (QED) is 0.750. The van der Waals surface area contributed by atoms with Gasteiger partial charge in [-0.25, -0.2) is 4.98 Å². The topological polar surface area (TPSA) is 63.8 Å². The summed E-state index contributed by atoms with van der Waals surface area (Å²) in [5.41, 5.74) is 3.64. The van der Waals surface area contributed by atoms with Crippen molar-refractivity contribution in [2.75, 3.05) is 0 Å². The number of aryl methyl sites for hydroxylation is 2. The third-order valence-electron chi connectivity index (χ3n) is 4.42. The van der Waals surface area contributed by atoms with E-state index in [4.69, 9.17) is 4.74 Å². The molecular formula is C18H16N2O3. The molecule has 2 aromatic heterocycles. The minimum atomic E-state index is -1.22. The lowest BCUT2D eigenvalue weighted by atomic mass is 9.94. The van der Waals surface area contributed by atoms with E-state index < -0.39 is 12.2 Å². The molecule has 116 valence electrons. The van der Waals surface area contributed by atoms with Crippen LogP contribution in [0.15, 0.2) is 42.6 Å². The second kappa shape index (κ2) is 4.93. The van der Waals surface area contributed by atoms with E-state index in [-0.39, 0.29) is 5.78 Å². The van der Waals surface area contributed by atoms with Gasteiger partial charge in [0, 0.05) is 11.9 Å². The van der Waals surface area contributed by atoms with Gasteiger partial charge in [-0.05, 0) is 25.5 Å². The van der Waals surface area contributed by atoms with E-state index in [1.54, 1.807) is 12.3 Å². The van der Waals surface area contributed by atoms with Gasteiger partial charge in [0.2, 0.25) is 0 Å². The molecule has 1 aromatic carbocycles. The van der Waals surface area contributed by atoms with Crippen molar-refractivity contribution < 1.29 is 14.6 Å². The Morgan fingerprint density at radius 3 is 2.65 bits per heavy atom. The number of nitrogens with zero attached hydrogens (tertiary/aromatic N) is 2. The predicted octanol–water partition coefficient (Wildman–Crippen LogP) is 2.63. The van der Waals surface area contributed by atoms with Crippen LogP contribution in [0, 0.1) is 13.8 Å².